The van der Waals surface area contributed by atoms with Crippen molar-refractivity contribution < 1.29 is 19.3 Å². The summed E-state index contributed by atoms with van der Waals surface area (Å²) >= 11 is 0. The van der Waals surface area contributed by atoms with Crippen LogP contribution in [0.3, 0.4) is 0 Å². The maximum Gasteiger partial charge on any atom is 0.331 e. The predicted molar refractivity (Wildman–Crippen MR) is 121 cm³/mol. The Hall–Kier alpha value is -4.33. The Morgan fingerprint density at radius 3 is 2.47 bits per heavy atom. The molecule has 8 nitrogen and oxygen atoms in total. The molecule has 0 atom stereocenters. The van der Waals surface area contributed by atoms with Crippen molar-refractivity contribution in [3.05, 3.63) is 82.4 Å². The van der Waals surface area contributed by atoms with E-state index in [0.717, 1.165) is 27.5 Å². The number of aromatic nitrogens is 1. The predicted octanol–water partition coefficient (Wildman–Crippen LogP) is 5.20. The van der Waals surface area contributed by atoms with Gasteiger partial charge in [0.1, 0.15) is 0 Å². The molecular formula is C24H19N3O5. The van der Waals surface area contributed by atoms with Gasteiger partial charge in [-0.25, -0.2) is 4.79 Å². The number of non-ortho nitro benzene ring substituents is 1. The summed E-state index contributed by atoms with van der Waals surface area (Å²) in [5, 5.41) is 16.4. The molecule has 0 radical (unpaired) electrons. The Balaban J connectivity index is 1.64. The largest absolute Gasteiger partial charge is 0.331 e. The van der Waals surface area contributed by atoms with E-state index in [4.69, 9.17) is 0 Å². The maximum atomic E-state index is 12.4. The molecule has 0 aliphatic carbocycles. The zero-order chi connectivity index (χ0) is 22.7. The van der Waals surface area contributed by atoms with Crippen molar-refractivity contribution in [2.75, 3.05) is 0 Å². The highest BCUT2D eigenvalue weighted by atomic mass is 16.7. The van der Waals surface area contributed by atoms with Gasteiger partial charge >= 0.3 is 5.97 Å². The van der Waals surface area contributed by atoms with Crippen LogP contribution in [0.4, 0.5) is 5.69 Å². The molecule has 0 unspecified atom stereocenters. The smallest absolute Gasteiger partial charge is 0.319 e. The van der Waals surface area contributed by atoms with Gasteiger partial charge < -0.3 is 9.40 Å². The number of carbonyl (C=O) groups is 2. The average Bonchev–Trinajstić information content (AvgIpc) is 3.12. The van der Waals surface area contributed by atoms with E-state index in [2.05, 4.69) is 9.99 Å². The average molecular weight is 429 g/mol. The molecule has 0 amide bonds. The molecule has 0 spiro atoms. The fraction of sp³-hybridized carbons (Fsp3) is 0.125. The second kappa shape index (κ2) is 8.81. The minimum Gasteiger partial charge on any atom is -0.319 e. The number of fused-ring (bicyclic) bond motifs is 3. The second-order valence-electron chi connectivity index (χ2n) is 7.19. The summed E-state index contributed by atoms with van der Waals surface area (Å²) in [4.78, 5) is 38.4. The molecule has 0 N–H and O–H groups in total. The lowest BCUT2D eigenvalue weighted by molar-refractivity contribution is -0.384. The van der Waals surface area contributed by atoms with Crippen LogP contribution < -0.4 is 0 Å². The van der Waals surface area contributed by atoms with Crippen molar-refractivity contribution in [2.24, 2.45) is 5.16 Å². The van der Waals surface area contributed by atoms with Crippen molar-refractivity contribution in [3.63, 3.8) is 0 Å². The number of nitro benzene ring substituents is 1. The van der Waals surface area contributed by atoms with Gasteiger partial charge in [0, 0.05) is 53.7 Å². The van der Waals surface area contributed by atoms with Gasteiger partial charge in [0.15, 0.2) is 5.78 Å². The van der Waals surface area contributed by atoms with Crippen LogP contribution in [0.1, 0.15) is 30.1 Å². The highest BCUT2D eigenvalue weighted by Gasteiger charge is 2.16. The molecule has 1 heterocycles. The molecule has 0 fully saturated rings. The van der Waals surface area contributed by atoms with Crippen molar-refractivity contribution in [1.29, 1.82) is 0 Å². The Labute approximate surface area is 182 Å². The molecule has 1 aromatic heterocycles. The first-order valence-corrected chi connectivity index (χ1v) is 9.96. The van der Waals surface area contributed by atoms with Crippen LogP contribution in [-0.4, -0.2) is 27.5 Å². The maximum absolute atomic E-state index is 12.4. The standard InChI is InChI=1S/C24H19N3O5/c1-16(28)32-25-14-4-7-24(29)17-8-10-18(11-9-17)26-22-6-3-2-5-20(22)21-15-19(27(30)31)12-13-23(21)26/h2-3,5-6,8-15H,4,7H2,1H3. The quantitative estimate of drug-likeness (QED) is 0.132. The molecular weight excluding hydrogens is 410 g/mol. The molecule has 4 rings (SSSR count). The van der Waals surface area contributed by atoms with E-state index in [0.29, 0.717) is 12.0 Å². The van der Waals surface area contributed by atoms with Crippen LogP contribution in [0.25, 0.3) is 27.5 Å². The number of nitrogens with zero attached hydrogens (tertiary/aromatic N) is 3. The van der Waals surface area contributed by atoms with E-state index in [9.17, 15) is 19.7 Å². The number of Topliss-reactive ketones (excluding diaryl/α,β-unsaturated/α-hetero) is 1. The molecule has 160 valence electrons. The zero-order valence-electron chi connectivity index (χ0n) is 17.2. The summed E-state index contributed by atoms with van der Waals surface area (Å²) in [5.41, 5.74) is 3.21. The van der Waals surface area contributed by atoms with Gasteiger partial charge in [-0.2, -0.15) is 0 Å². The minimum absolute atomic E-state index is 0.0404. The number of hydrogen-bond acceptors (Lipinski definition) is 6. The number of ketones is 1. The highest BCUT2D eigenvalue weighted by Crippen LogP contribution is 2.34. The monoisotopic (exact) mass is 429 g/mol. The summed E-state index contributed by atoms with van der Waals surface area (Å²) in [6.45, 7) is 1.25. The first kappa shape index (κ1) is 20.9. The van der Waals surface area contributed by atoms with Crippen molar-refractivity contribution in [1.82, 2.24) is 4.57 Å². The summed E-state index contributed by atoms with van der Waals surface area (Å²) in [5.74, 6) is -0.563. The first-order chi connectivity index (χ1) is 15.5. The molecule has 0 aliphatic heterocycles. The normalized spacial score (nSPS) is 11.3. The van der Waals surface area contributed by atoms with Crippen LogP contribution in [0.5, 0.6) is 0 Å². The highest BCUT2D eigenvalue weighted by molar-refractivity contribution is 6.10. The molecule has 0 saturated carbocycles. The topological polar surface area (TPSA) is 104 Å². The fourth-order valence-corrected chi connectivity index (χ4v) is 3.65. The van der Waals surface area contributed by atoms with Gasteiger partial charge in [-0.3, -0.25) is 14.9 Å². The first-order valence-electron chi connectivity index (χ1n) is 9.96. The Bertz CT molecular complexity index is 1370. The Morgan fingerprint density at radius 2 is 1.75 bits per heavy atom. The fourth-order valence-electron chi connectivity index (χ4n) is 3.65. The summed E-state index contributed by atoms with van der Waals surface area (Å²) < 4.78 is 2.02. The number of benzene rings is 3. The lowest BCUT2D eigenvalue weighted by atomic mass is 10.1. The summed E-state index contributed by atoms with van der Waals surface area (Å²) in [7, 11) is 0. The molecule has 0 saturated heterocycles. The summed E-state index contributed by atoms with van der Waals surface area (Å²) in [6.07, 6.45) is 1.99. The van der Waals surface area contributed by atoms with Gasteiger partial charge in [-0.05, 0) is 42.8 Å². The van der Waals surface area contributed by atoms with E-state index in [1.807, 2.05) is 41.0 Å². The third kappa shape index (κ3) is 4.11. The molecule has 0 bridgehead atoms. The van der Waals surface area contributed by atoms with Crippen LogP contribution in [0.15, 0.2) is 71.9 Å². The Morgan fingerprint density at radius 1 is 1.03 bits per heavy atom. The number of para-hydroxylation sites is 1. The van der Waals surface area contributed by atoms with Crippen LogP contribution in [0.2, 0.25) is 0 Å². The molecule has 8 heteroatoms. The second-order valence-corrected chi connectivity index (χ2v) is 7.19. The van der Waals surface area contributed by atoms with E-state index in [-0.39, 0.29) is 17.9 Å². The van der Waals surface area contributed by atoms with Crippen LogP contribution in [0, 0.1) is 10.1 Å². The number of rotatable bonds is 7. The van der Waals surface area contributed by atoms with E-state index in [1.54, 1.807) is 24.3 Å². The molecule has 3 aromatic carbocycles. The number of carbonyl (C=O) groups excluding carboxylic acids is 2. The van der Waals surface area contributed by atoms with Crippen LogP contribution in [-0.2, 0) is 9.63 Å². The zero-order valence-corrected chi connectivity index (χ0v) is 17.2. The lowest BCUT2D eigenvalue weighted by Gasteiger charge is -2.08. The van der Waals surface area contributed by atoms with Crippen molar-refractivity contribution in [3.8, 4) is 5.69 Å². The van der Waals surface area contributed by atoms with Gasteiger partial charge in [0.25, 0.3) is 5.69 Å². The molecule has 4 aromatic rings. The molecule has 32 heavy (non-hydrogen) atoms. The van der Waals surface area contributed by atoms with Crippen molar-refractivity contribution >= 4 is 45.5 Å². The van der Waals surface area contributed by atoms with E-state index < -0.39 is 10.9 Å². The van der Waals surface area contributed by atoms with Crippen LogP contribution >= 0.6 is 0 Å². The van der Waals surface area contributed by atoms with E-state index in [1.165, 1.54) is 19.2 Å². The number of nitro groups is 1. The third-order valence-electron chi connectivity index (χ3n) is 5.07. The lowest BCUT2D eigenvalue weighted by Crippen LogP contribution is -2.01. The SMILES string of the molecule is CC(=O)ON=CCCC(=O)c1ccc(-n2c3ccccc3c3cc([N+](=O)[O-])ccc32)cc1. The minimum atomic E-state index is -0.511. The molecule has 0 aliphatic rings. The van der Waals surface area contributed by atoms with Gasteiger partial charge in [0.2, 0.25) is 0 Å². The third-order valence-corrected chi connectivity index (χ3v) is 5.07. The summed E-state index contributed by atoms with van der Waals surface area (Å²) in [6, 6.07) is 19.8. The van der Waals surface area contributed by atoms with Crippen molar-refractivity contribution in [2.45, 2.75) is 19.8 Å². The van der Waals surface area contributed by atoms with Gasteiger partial charge in [0.05, 0.1) is 16.0 Å². The number of hydrogen-bond donors (Lipinski definition) is 0. The van der Waals surface area contributed by atoms with Gasteiger partial charge in [-0.15, -0.1) is 0 Å². The van der Waals surface area contributed by atoms with Gasteiger partial charge in [-0.1, -0.05) is 23.4 Å². The Kier molecular flexibility index (Phi) is 5.76. The number of oxime groups is 1. The van der Waals surface area contributed by atoms with E-state index >= 15 is 0 Å².